The van der Waals surface area contributed by atoms with E-state index in [1.165, 1.54) is 21.3 Å². The van der Waals surface area contributed by atoms with E-state index in [1.54, 1.807) is 12.1 Å². The average molecular weight is 378 g/mol. The van der Waals surface area contributed by atoms with Crippen LogP contribution in [0.4, 0.5) is 4.39 Å². The van der Waals surface area contributed by atoms with E-state index in [0.29, 0.717) is 6.54 Å². The Kier molecular flexibility index (Phi) is 3.82. The van der Waals surface area contributed by atoms with E-state index in [2.05, 4.69) is 39.8 Å². The lowest BCUT2D eigenvalue weighted by atomic mass is 10.1. The van der Waals surface area contributed by atoms with Crippen molar-refractivity contribution in [3.8, 4) is 11.1 Å². The molecule has 0 unspecified atom stereocenters. The van der Waals surface area contributed by atoms with Crippen LogP contribution in [0.2, 0.25) is 0 Å². The first-order chi connectivity index (χ1) is 9.72. The first-order valence-electron chi connectivity index (χ1n) is 6.24. The molecule has 0 fully saturated rings. The summed E-state index contributed by atoms with van der Waals surface area (Å²) in [6.45, 7) is 0.643. The van der Waals surface area contributed by atoms with Crippen LogP contribution in [0.5, 0.6) is 0 Å². The lowest BCUT2D eigenvalue weighted by Crippen LogP contribution is -1.99. The van der Waals surface area contributed by atoms with Gasteiger partial charge in [-0.3, -0.25) is 4.68 Å². The van der Waals surface area contributed by atoms with E-state index in [9.17, 15) is 4.39 Å². The van der Waals surface area contributed by atoms with Crippen LogP contribution >= 0.6 is 22.6 Å². The Labute approximate surface area is 130 Å². The molecule has 4 heteroatoms. The molecule has 3 aromatic rings. The van der Waals surface area contributed by atoms with Gasteiger partial charge in [0.2, 0.25) is 0 Å². The largest absolute Gasteiger partial charge is 0.268 e. The summed E-state index contributed by atoms with van der Waals surface area (Å²) in [7, 11) is 0. The number of halogens is 2. The smallest absolute Gasteiger partial charge is 0.123 e. The fourth-order valence-corrected chi connectivity index (χ4v) is 2.76. The molecule has 0 aliphatic heterocycles. The van der Waals surface area contributed by atoms with Crippen LogP contribution in [0.1, 0.15) is 5.56 Å². The third kappa shape index (κ3) is 2.90. The highest BCUT2D eigenvalue weighted by Crippen LogP contribution is 2.24. The second-order valence-electron chi connectivity index (χ2n) is 4.53. The van der Waals surface area contributed by atoms with Gasteiger partial charge in [0.15, 0.2) is 0 Å². The fraction of sp³-hybridized carbons (Fsp3) is 0.0625. The van der Waals surface area contributed by atoms with E-state index < -0.39 is 0 Å². The van der Waals surface area contributed by atoms with Gasteiger partial charge in [0.1, 0.15) is 5.82 Å². The number of hydrogen-bond donors (Lipinski definition) is 0. The van der Waals surface area contributed by atoms with Gasteiger partial charge in [-0.2, -0.15) is 5.10 Å². The first-order valence-corrected chi connectivity index (χ1v) is 7.32. The second kappa shape index (κ2) is 5.75. The van der Waals surface area contributed by atoms with Gasteiger partial charge in [0.25, 0.3) is 0 Å². The van der Waals surface area contributed by atoms with Gasteiger partial charge in [-0.25, -0.2) is 4.39 Å². The second-order valence-corrected chi connectivity index (χ2v) is 5.70. The van der Waals surface area contributed by atoms with E-state index in [-0.39, 0.29) is 5.82 Å². The highest BCUT2D eigenvalue weighted by atomic mass is 127. The molecule has 0 saturated heterocycles. The molecule has 0 N–H and O–H groups in total. The maximum atomic E-state index is 12.9. The Morgan fingerprint density at radius 2 is 1.80 bits per heavy atom. The summed E-state index contributed by atoms with van der Waals surface area (Å²) in [6.07, 6.45) is 3.88. The minimum atomic E-state index is -0.214. The number of rotatable bonds is 3. The summed E-state index contributed by atoms with van der Waals surface area (Å²) >= 11 is 2.32. The van der Waals surface area contributed by atoms with E-state index in [4.69, 9.17) is 0 Å². The molecule has 3 rings (SSSR count). The summed E-state index contributed by atoms with van der Waals surface area (Å²) in [5.74, 6) is -0.214. The Balaban J connectivity index is 1.84. The molecule has 1 aromatic heterocycles. The van der Waals surface area contributed by atoms with Gasteiger partial charge >= 0.3 is 0 Å². The van der Waals surface area contributed by atoms with Crippen molar-refractivity contribution in [2.45, 2.75) is 6.54 Å². The van der Waals surface area contributed by atoms with Crippen molar-refractivity contribution in [2.24, 2.45) is 0 Å². The molecule has 2 aromatic carbocycles. The average Bonchev–Trinajstić information content (AvgIpc) is 2.90. The summed E-state index contributed by atoms with van der Waals surface area (Å²) in [5, 5.41) is 4.37. The predicted molar refractivity (Wildman–Crippen MR) is 85.9 cm³/mol. The van der Waals surface area contributed by atoms with Crippen LogP contribution in [0.3, 0.4) is 0 Å². The third-order valence-electron chi connectivity index (χ3n) is 3.08. The van der Waals surface area contributed by atoms with E-state index >= 15 is 0 Å². The molecule has 2 nitrogen and oxygen atoms in total. The zero-order valence-corrected chi connectivity index (χ0v) is 12.8. The van der Waals surface area contributed by atoms with Crippen molar-refractivity contribution < 1.29 is 4.39 Å². The molecule has 100 valence electrons. The maximum Gasteiger partial charge on any atom is 0.123 e. The molecule has 0 radical (unpaired) electrons. The molecule has 0 atom stereocenters. The van der Waals surface area contributed by atoms with Crippen molar-refractivity contribution in [3.05, 3.63) is 75.9 Å². The third-order valence-corrected chi connectivity index (χ3v) is 4.02. The first kappa shape index (κ1) is 13.3. The predicted octanol–water partition coefficient (Wildman–Crippen LogP) is 4.34. The normalized spacial score (nSPS) is 10.7. The van der Waals surface area contributed by atoms with E-state index in [0.717, 1.165) is 11.1 Å². The van der Waals surface area contributed by atoms with Crippen molar-refractivity contribution in [2.75, 3.05) is 0 Å². The minimum absolute atomic E-state index is 0.214. The summed E-state index contributed by atoms with van der Waals surface area (Å²) in [5.41, 5.74) is 3.30. The Bertz CT molecular complexity index is 719. The van der Waals surface area contributed by atoms with Gasteiger partial charge in [-0.1, -0.05) is 30.3 Å². The standard InChI is InChI=1S/C16H12FIN2/c17-14-7-5-12(6-8-14)10-20-11-13(9-19-20)15-3-1-2-4-16(15)18/h1-9,11H,10H2. The summed E-state index contributed by atoms with van der Waals surface area (Å²) in [4.78, 5) is 0. The molecular weight excluding hydrogens is 366 g/mol. The molecule has 0 saturated carbocycles. The molecule has 20 heavy (non-hydrogen) atoms. The maximum absolute atomic E-state index is 12.9. The SMILES string of the molecule is Fc1ccc(Cn2cc(-c3ccccc3I)cn2)cc1. The highest BCUT2D eigenvalue weighted by Gasteiger charge is 2.05. The Morgan fingerprint density at radius 3 is 2.55 bits per heavy atom. The molecule has 0 aliphatic carbocycles. The topological polar surface area (TPSA) is 17.8 Å². The summed E-state index contributed by atoms with van der Waals surface area (Å²) < 4.78 is 15.9. The molecule has 1 heterocycles. The van der Waals surface area contributed by atoms with Gasteiger partial charge in [-0.05, 0) is 51.9 Å². The fourth-order valence-electron chi connectivity index (χ4n) is 2.06. The van der Waals surface area contributed by atoms with Crippen LogP contribution in [0, 0.1) is 9.39 Å². The Morgan fingerprint density at radius 1 is 1.05 bits per heavy atom. The van der Waals surface area contributed by atoms with Gasteiger partial charge in [0.05, 0.1) is 12.7 Å². The molecule has 0 bridgehead atoms. The van der Waals surface area contributed by atoms with Gasteiger partial charge in [0, 0.05) is 15.3 Å². The quantitative estimate of drug-likeness (QED) is 0.620. The number of hydrogen-bond acceptors (Lipinski definition) is 1. The minimum Gasteiger partial charge on any atom is -0.268 e. The van der Waals surface area contributed by atoms with Crippen LogP contribution < -0.4 is 0 Å². The van der Waals surface area contributed by atoms with Gasteiger partial charge in [-0.15, -0.1) is 0 Å². The number of benzene rings is 2. The number of aromatic nitrogens is 2. The van der Waals surface area contributed by atoms with Crippen molar-refractivity contribution in [1.29, 1.82) is 0 Å². The number of nitrogens with zero attached hydrogens (tertiary/aromatic N) is 2. The Hall–Kier alpha value is -1.69. The highest BCUT2D eigenvalue weighted by molar-refractivity contribution is 14.1. The van der Waals surface area contributed by atoms with Crippen molar-refractivity contribution >= 4 is 22.6 Å². The monoisotopic (exact) mass is 378 g/mol. The molecule has 0 amide bonds. The van der Waals surface area contributed by atoms with Crippen LogP contribution in [-0.2, 0) is 6.54 Å². The molecule has 0 spiro atoms. The zero-order chi connectivity index (χ0) is 13.9. The molecular formula is C16H12FIN2. The summed E-state index contributed by atoms with van der Waals surface area (Å²) in [6, 6.07) is 14.7. The van der Waals surface area contributed by atoms with Crippen LogP contribution in [0.15, 0.2) is 60.9 Å². The van der Waals surface area contributed by atoms with Crippen molar-refractivity contribution in [3.63, 3.8) is 0 Å². The van der Waals surface area contributed by atoms with Crippen LogP contribution in [0.25, 0.3) is 11.1 Å². The lowest BCUT2D eigenvalue weighted by Gasteiger charge is -2.02. The molecule has 0 aliphatic rings. The van der Waals surface area contributed by atoms with Crippen LogP contribution in [-0.4, -0.2) is 9.78 Å². The lowest BCUT2D eigenvalue weighted by molar-refractivity contribution is 0.624. The zero-order valence-electron chi connectivity index (χ0n) is 10.6. The van der Waals surface area contributed by atoms with E-state index in [1.807, 2.05) is 29.2 Å². The van der Waals surface area contributed by atoms with Crippen molar-refractivity contribution in [1.82, 2.24) is 9.78 Å². The van der Waals surface area contributed by atoms with Gasteiger partial charge < -0.3 is 0 Å².